The lowest BCUT2D eigenvalue weighted by Crippen LogP contribution is -2.31. The average Bonchev–Trinajstić information content (AvgIpc) is 1.58. The predicted octanol–water partition coefficient (Wildman–Crippen LogP) is 26.3. The van der Waals surface area contributed by atoms with Gasteiger partial charge in [-0.2, -0.15) is 0 Å². The van der Waals surface area contributed by atoms with Crippen LogP contribution < -0.4 is 22.8 Å². The Kier molecular flexibility index (Phi) is 20.7. The van der Waals surface area contributed by atoms with Crippen LogP contribution in [-0.4, -0.2) is 9.97 Å². The first-order valence-electron chi connectivity index (χ1n) is 46.4. The second-order valence-corrected chi connectivity index (χ2v) is 33.5. The van der Waals surface area contributed by atoms with Gasteiger partial charge in [-0.3, -0.25) is 0 Å². The van der Waals surface area contributed by atoms with E-state index in [9.17, 15) is 0 Å². The van der Waals surface area contributed by atoms with Crippen molar-refractivity contribution in [2.24, 2.45) is 35.2 Å². The number of pyridine rings is 7. The molecule has 0 atom stereocenters. The predicted molar refractivity (Wildman–Crippen MR) is 509 cm³/mol. The summed E-state index contributed by atoms with van der Waals surface area (Å²) in [6.07, 6.45) is 10.1. The molecule has 0 fully saturated rings. The Labute approximate surface area is 732 Å². The van der Waals surface area contributed by atoms with E-state index in [-0.39, 0.29) is 11.1 Å². The largest absolute Gasteiger partial charge is 0.437 e. The zero-order chi connectivity index (χ0) is 93.9. The molecule has 0 amide bonds. The van der Waals surface area contributed by atoms with Crippen LogP contribution in [0.2, 0.25) is 0 Å². The van der Waals surface area contributed by atoms with E-state index in [1.165, 1.54) is 122 Å². The molecule has 0 saturated carbocycles. The molecule has 9 nitrogen and oxygen atoms in total. The van der Waals surface area contributed by atoms with Crippen molar-refractivity contribution in [1.29, 1.82) is 0 Å². The Balaban J connectivity index is 0.000000128. The highest BCUT2D eigenvalue weighted by molar-refractivity contribution is 6.12. The molecule has 0 aliphatic heterocycles. The lowest BCUT2D eigenvalue weighted by atomic mass is 9.93. The maximum absolute atomic E-state index is 8.17. The van der Waals surface area contributed by atoms with E-state index in [1.807, 2.05) is 124 Å². The fourth-order valence-corrected chi connectivity index (χ4v) is 17.4. The van der Waals surface area contributed by atoms with Crippen LogP contribution in [0.1, 0.15) is 127 Å². The van der Waals surface area contributed by atoms with E-state index in [2.05, 4.69) is 285 Å². The van der Waals surface area contributed by atoms with E-state index in [0.717, 1.165) is 50.3 Å². The van der Waals surface area contributed by atoms with Gasteiger partial charge in [0, 0.05) is 87.2 Å². The van der Waals surface area contributed by atoms with Gasteiger partial charge >= 0.3 is 0 Å². The standard InChI is InChI=1S/C27H25N2O.C26H23N2O.C22H26N.2C19H20N/c1-16-13-17(2)25(26-24(16)21-12-11-19(4)28-27(21)30-26)23-14-22(18(3)15-29(23)5)20-9-7-6-8-10-20;1-16-14-17(2)24(25-23(16)21-11-10-18(3)27-26(21)29-25)22-15-20(12-13-28(22)4)19-8-6-5-7-9-19;1-14(2)18-7-8-20-19(13-18)9-10-23(6)22(20)21-12-15(3)11-16(4)17(21)5;2*1-13-11-14(2)15(3)18(12-13)19-17-8-6-5-7-16(17)9-10-20(19)4/h6-15H,1-5H3;5-15H,1-4H3;7-14H,1-6H3;2*5-12H,1-4H3/q5*+1/i1D3,3D3;1D3;;;. The van der Waals surface area contributed by atoms with Crippen molar-refractivity contribution in [3.8, 4) is 78.5 Å². The van der Waals surface area contributed by atoms with E-state index < -0.39 is 20.6 Å². The number of nitrogens with zero attached hydrogens (tertiary/aromatic N) is 7. The summed E-state index contributed by atoms with van der Waals surface area (Å²) in [5.41, 5.74) is 33.9. The van der Waals surface area contributed by atoms with Gasteiger partial charge < -0.3 is 8.83 Å². The third-order valence-corrected chi connectivity index (χ3v) is 24.1. The molecule has 608 valence electrons. The fraction of sp³-hybridized carbons (Fsp3) is 0.212. The molecule has 0 spiro atoms. The third kappa shape index (κ3) is 16.6. The zero-order valence-corrected chi connectivity index (χ0v) is 73.9. The van der Waals surface area contributed by atoms with Crippen LogP contribution in [0.15, 0.2) is 276 Å². The molecule has 0 aliphatic carbocycles. The maximum Gasteiger partial charge on any atom is 0.227 e. The Hall–Kier alpha value is -13.4. The van der Waals surface area contributed by atoms with Crippen LogP contribution >= 0.6 is 0 Å². The number of fused-ring (bicyclic) bond motifs is 9. The highest BCUT2D eigenvalue weighted by Crippen LogP contribution is 2.43. The van der Waals surface area contributed by atoms with E-state index >= 15 is 0 Å². The molecule has 0 radical (unpaired) electrons. The summed E-state index contributed by atoms with van der Waals surface area (Å²) in [5, 5.41) is 10.3. The molecule has 19 aromatic rings. The number of furan rings is 2. The maximum atomic E-state index is 8.17. The Morgan fingerprint density at radius 2 is 0.697 bits per heavy atom. The monoisotopic (exact) mass is 1610 g/mol. The second kappa shape index (κ2) is 34.8. The minimum absolute atomic E-state index is 0.202. The summed E-state index contributed by atoms with van der Waals surface area (Å²) >= 11 is 0. The van der Waals surface area contributed by atoms with Gasteiger partial charge in [0.25, 0.3) is 0 Å². The zero-order valence-electron chi connectivity index (χ0n) is 82.9. The van der Waals surface area contributed by atoms with Crippen LogP contribution in [0.3, 0.4) is 0 Å². The van der Waals surface area contributed by atoms with Crippen molar-refractivity contribution in [2.75, 3.05) is 0 Å². The lowest BCUT2D eigenvalue weighted by Gasteiger charge is -2.12. The van der Waals surface area contributed by atoms with Crippen LogP contribution in [0, 0.1) is 111 Å². The van der Waals surface area contributed by atoms with Gasteiger partial charge in [-0.05, 0) is 277 Å². The molecular weight excluding hydrogens is 1490 g/mol. The molecule has 19 rings (SSSR count). The molecule has 0 unspecified atom stereocenters. The van der Waals surface area contributed by atoms with Gasteiger partial charge in [-0.25, -0.2) is 32.8 Å². The molecule has 0 bridgehead atoms. The summed E-state index contributed by atoms with van der Waals surface area (Å²) in [6, 6.07) is 80.9. The molecule has 122 heavy (non-hydrogen) atoms. The Morgan fingerprint density at radius 3 is 1.14 bits per heavy atom. The van der Waals surface area contributed by atoms with Gasteiger partial charge in [-0.1, -0.05) is 170 Å². The van der Waals surface area contributed by atoms with E-state index in [4.69, 9.17) is 21.2 Å². The molecule has 0 aliphatic rings. The van der Waals surface area contributed by atoms with Gasteiger partial charge in [-0.15, -0.1) is 0 Å². The van der Waals surface area contributed by atoms with Crippen LogP contribution in [0.4, 0.5) is 0 Å². The van der Waals surface area contributed by atoms with Crippen molar-refractivity contribution >= 4 is 76.5 Å². The van der Waals surface area contributed by atoms with Crippen molar-refractivity contribution in [3.05, 3.63) is 362 Å². The summed E-state index contributed by atoms with van der Waals surface area (Å²) in [7, 11) is 10.2. The van der Waals surface area contributed by atoms with Crippen molar-refractivity contribution in [3.63, 3.8) is 0 Å². The highest BCUT2D eigenvalue weighted by Gasteiger charge is 2.28. The summed E-state index contributed by atoms with van der Waals surface area (Å²) < 4.78 is 96.3. The SMILES string of the molecule is Cc1cc(C)c(C)c(-c2c3ccc(C(C)C)cc3cc[n+]2C)c1.Cc1cc(C)c(C)c(-c2c3ccccc3cc[n+]2C)c1.Cc1cc(C)c(C)c(-c2c3ccccc3cc[n+]2C)c1.[2H]C([2H])([2H])c1c[n+](C)c(-c2c(C)cc(C([2H])([2H])[2H])c3c2oc2nc(C)ccc23)cc1-c1ccccc1.[2H]C([2H])([2H])c1cc(C)c(-c2cc(-c3ccccc3)cc[n+]2C)c2oc3nc(C)ccc3c12. The number of hydrogen-bond acceptors (Lipinski definition) is 4. The summed E-state index contributed by atoms with van der Waals surface area (Å²) in [6.45, 7) is 24.8. The van der Waals surface area contributed by atoms with Crippen molar-refractivity contribution < 1.29 is 44.0 Å². The first-order valence-corrected chi connectivity index (χ1v) is 41.9. The average molecular weight is 1610 g/mol. The van der Waals surface area contributed by atoms with Crippen LogP contribution in [0.5, 0.6) is 0 Å². The third-order valence-electron chi connectivity index (χ3n) is 24.1. The molecule has 0 saturated heterocycles. The van der Waals surface area contributed by atoms with E-state index in [0.29, 0.717) is 72.6 Å². The summed E-state index contributed by atoms with van der Waals surface area (Å²) in [5.74, 6) is 0.555. The quantitative estimate of drug-likeness (QED) is 0.142. The number of hydrogen-bond donors (Lipinski definition) is 0. The van der Waals surface area contributed by atoms with Crippen molar-refractivity contribution in [1.82, 2.24) is 9.97 Å². The summed E-state index contributed by atoms with van der Waals surface area (Å²) in [4.78, 5) is 9.03. The molecule has 0 N–H and O–H groups in total. The Bertz CT molecular complexity index is 7530. The number of aryl methyl sites for hydroxylation is 18. The van der Waals surface area contributed by atoms with Crippen LogP contribution in [-0.2, 0) is 35.2 Å². The van der Waals surface area contributed by atoms with Gasteiger partial charge in [0.1, 0.15) is 35.2 Å². The Morgan fingerprint density at radius 1 is 0.303 bits per heavy atom. The number of benzene rings is 10. The highest BCUT2D eigenvalue weighted by atomic mass is 16.3. The van der Waals surface area contributed by atoms with Crippen molar-refractivity contribution in [2.45, 2.75) is 130 Å². The fourth-order valence-electron chi connectivity index (χ4n) is 17.4. The molecule has 9 aromatic heterocycles. The second-order valence-electron chi connectivity index (χ2n) is 33.5. The first kappa shape index (κ1) is 72.6. The smallest absolute Gasteiger partial charge is 0.227 e. The van der Waals surface area contributed by atoms with E-state index in [1.54, 1.807) is 29.9 Å². The molecule has 9 heterocycles. The normalized spacial score (nSPS) is 12.7. The first-order chi connectivity index (χ1) is 62.1. The number of aromatic nitrogens is 7. The molecule has 9 heteroatoms. The van der Waals surface area contributed by atoms with Gasteiger partial charge in [0.15, 0.2) is 42.2 Å². The topological polar surface area (TPSA) is 71.5 Å². The minimum Gasteiger partial charge on any atom is -0.437 e. The van der Waals surface area contributed by atoms with Gasteiger partial charge in [0.2, 0.25) is 39.9 Å². The van der Waals surface area contributed by atoms with Crippen LogP contribution in [0.25, 0.3) is 155 Å². The molecular formula is C113H114N7O2+5. The lowest BCUT2D eigenvalue weighted by molar-refractivity contribution is -0.660. The molecule has 10 aromatic carbocycles. The minimum atomic E-state index is -2.36. The van der Waals surface area contributed by atoms with Gasteiger partial charge in [0.05, 0.1) is 44.0 Å². The number of rotatable bonds is 8.